The third kappa shape index (κ3) is 3.72. The zero-order valence-electron chi connectivity index (χ0n) is 12.2. The monoisotopic (exact) mass is 336 g/mol. The molecule has 1 atom stereocenters. The van der Waals surface area contributed by atoms with Crippen molar-refractivity contribution in [1.29, 1.82) is 0 Å². The van der Waals surface area contributed by atoms with Crippen LogP contribution in [0.25, 0.3) is 0 Å². The van der Waals surface area contributed by atoms with Crippen LogP contribution >= 0.6 is 11.8 Å². The first-order valence-corrected chi connectivity index (χ1v) is 8.87. The molecular formula is C12H17FN2O4S2. The molecule has 0 radical (unpaired) electrons. The Kier molecular flexibility index (Phi) is 5.71. The summed E-state index contributed by atoms with van der Waals surface area (Å²) in [6.45, 7) is 3.15. The summed E-state index contributed by atoms with van der Waals surface area (Å²) in [6, 6.07) is 1.37. The number of nitro benzene ring substituents is 1. The van der Waals surface area contributed by atoms with Gasteiger partial charge in [-0.25, -0.2) is 8.42 Å². The maximum atomic E-state index is 13.5. The highest BCUT2D eigenvalue weighted by molar-refractivity contribution is 7.98. The van der Waals surface area contributed by atoms with Gasteiger partial charge in [0.15, 0.2) is 0 Å². The molecule has 1 aromatic rings. The average molecular weight is 336 g/mol. The Hall–Kier alpha value is -1.19. The second-order valence-corrected chi connectivity index (χ2v) is 7.53. The van der Waals surface area contributed by atoms with E-state index in [1.54, 1.807) is 6.92 Å². The second kappa shape index (κ2) is 6.71. The lowest BCUT2D eigenvalue weighted by atomic mass is 10.2. The van der Waals surface area contributed by atoms with Crippen LogP contribution in [0, 0.1) is 22.9 Å². The molecule has 0 heterocycles. The van der Waals surface area contributed by atoms with E-state index in [-0.39, 0.29) is 16.5 Å². The molecule has 1 rings (SSSR count). The largest absolute Gasteiger partial charge is 0.306 e. The summed E-state index contributed by atoms with van der Waals surface area (Å²) in [4.78, 5) is 9.60. The number of hydrogen-bond acceptors (Lipinski definition) is 5. The molecular weight excluding hydrogens is 319 g/mol. The van der Waals surface area contributed by atoms with E-state index in [1.807, 2.05) is 6.26 Å². The van der Waals surface area contributed by atoms with Gasteiger partial charge >= 0.3 is 5.69 Å². The Morgan fingerprint density at radius 3 is 2.52 bits per heavy atom. The molecule has 9 heteroatoms. The highest BCUT2D eigenvalue weighted by Gasteiger charge is 2.30. The first-order valence-electron chi connectivity index (χ1n) is 6.04. The van der Waals surface area contributed by atoms with E-state index in [0.717, 1.165) is 16.4 Å². The zero-order chi connectivity index (χ0) is 16.4. The summed E-state index contributed by atoms with van der Waals surface area (Å²) in [7, 11) is -2.51. The number of rotatable bonds is 6. The van der Waals surface area contributed by atoms with Gasteiger partial charge in [-0.05, 0) is 31.7 Å². The summed E-state index contributed by atoms with van der Waals surface area (Å²) >= 11 is 1.49. The van der Waals surface area contributed by atoms with Gasteiger partial charge in [-0.15, -0.1) is 0 Å². The Morgan fingerprint density at radius 1 is 1.48 bits per heavy atom. The summed E-state index contributed by atoms with van der Waals surface area (Å²) in [5, 5.41) is 10.8. The van der Waals surface area contributed by atoms with Gasteiger partial charge in [-0.1, -0.05) is 0 Å². The van der Waals surface area contributed by atoms with Gasteiger partial charge in [0.1, 0.15) is 0 Å². The van der Waals surface area contributed by atoms with Crippen LogP contribution in [0.1, 0.15) is 12.5 Å². The van der Waals surface area contributed by atoms with Crippen LogP contribution in [0.3, 0.4) is 0 Å². The average Bonchev–Trinajstić information content (AvgIpc) is 2.37. The fourth-order valence-corrected chi connectivity index (χ4v) is 4.18. The minimum Gasteiger partial charge on any atom is -0.258 e. The molecule has 0 aliphatic heterocycles. The van der Waals surface area contributed by atoms with Crippen LogP contribution in [0.4, 0.5) is 10.1 Å². The van der Waals surface area contributed by atoms with E-state index >= 15 is 0 Å². The molecule has 0 aliphatic carbocycles. The third-order valence-electron chi connectivity index (χ3n) is 3.13. The molecule has 0 N–H and O–H groups in total. The van der Waals surface area contributed by atoms with Crippen LogP contribution in [0.15, 0.2) is 17.0 Å². The molecule has 0 saturated heterocycles. The van der Waals surface area contributed by atoms with Crippen LogP contribution < -0.4 is 0 Å². The van der Waals surface area contributed by atoms with Crippen molar-refractivity contribution in [2.24, 2.45) is 0 Å². The Balaban J connectivity index is 3.38. The van der Waals surface area contributed by atoms with Crippen molar-refractivity contribution in [3.05, 3.63) is 33.6 Å². The second-order valence-electron chi connectivity index (χ2n) is 4.65. The number of thioether (sulfide) groups is 1. The van der Waals surface area contributed by atoms with Crippen molar-refractivity contribution in [2.45, 2.75) is 24.8 Å². The molecule has 0 fully saturated rings. The quantitative estimate of drug-likeness (QED) is 0.589. The number of nitro groups is 1. The Morgan fingerprint density at radius 2 is 2.05 bits per heavy atom. The van der Waals surface area contributed by atoms with Crippen LogP contribution in [0.2, 0.25) is 0 Å². The summed E-state index contributed by atoms with van der Waals surface area (Å²) in [5.41, 5.74) is -0.702. The maximum Gasteiger partial charge on any atom is 0.306 e. The number of nitrogens with zero attached hydrogens (tertiary/aromatic N) is 2. The molecule has 0 aromatic heterocycles. The Labute approximate surface area is 127 Å². The summed E-state index contributed by atoms with van der Waals surface area (Å²) in [6.07, 6.45) is 1.85. The van der Waals surface area contributed by atoms with Gasteiger partial charge < -0.3 is 0 Å². The van der Waals surface area contributed by atoms with Crippen molar-refractivity contribution in [3.63, 3.8) is 0 Å². The molecule has 1 unspecified atom stereocenters. The van der Waals surface area contributed by atoms with Crippen molar-refractivity contribution in [3.8, 4) is 0 Å². The molecule has 0 amide bonds. The first kappa shape index (κ1) is 17.9. The SMILES string of the molecule is CSCC(C)N(C)S(=O)(=O)c1cc([N+](=O)[O-])c(F)cc1C. The van der Waals surface area contributed by atoms with Gasteiger partial charge in [0.2, 0.25) is 15.8 Å². The van der Waals surface area contributed by atoms with Crippen molar-refractivity contribution in [2.75, 3.05) is 19.1 Å². The van der Waals surface area contributed by atoms with Crippen LogP contribution in [-0.4, -0.2) is 42.7 Å². The fraction of sp³-hybridized carbons (Fsp3) is 0.500. The van der Waals surface area contributed by atoms with Crippen molar-refractivity contribution >= 4 is 27.5 Å². The number of hydrogen-bond donors (Lipinski definition) is 0. The lowest BCUT2D eigenvalue weighted by Crippen LogP contribution is -2.37. The molecule has 0 spiro atoms. The lowest BCUT2D eigenvalue weighted by molar-refractivity contribution is -0.387. The summed E-state index contributed by atoms with van der Waals surface area (Å²) < 4.78 is 39.7. The maximum absolute atomic E-state index is 13.5. The number of aryl methyl sites for hydroxylation is 1. The van der Waals surface area contributed by atoms with Gasteiger partial charge in [0.25, 0.3) is 0 Å². The van der Waals surface area contributed by atoms with E-state index in [4.69, 9.17) is 0 Å². The molecule has 1 aromatic carbocycles. The number of benzene rings is 1. The minimum atomic E-state index is -3.91. The number of halogens is 1. The normalized spacial score (nSPS) is 13.4. The predicted molar refractivity (Wildman–Crippen MR) is 80.6 cm³/mol. The number of sulfonamides is 1. The molecule has 0 saturated carbocycles. The van der Waals surface area contributed by atoms with Gasteiger partial charge in [-0.3, -0.25) is 10.1 Å². The highest BCUT2D eigenvalue weighted by Crippen LogP contribution is 2.28. The standard InChI is InChI=1S/C12H17FN2O4S2/c1-8-5-10(13)11(15(16)17)6-12(8)21(18,19)14(3)9(2)7-20-4/h5-6,9H,7H2,1-4H3. The summed E-state index contributed by atoms with van der Waals surface area (Å²) in [5.74, 6) is -0.464. The first-order chi connectivity index (χ1) is 9.62. The molecule has 0 bridgehead atoms. The molecule has 21 heavy (non-hydrogen) atoms. The highest BCUT2D eigenvalue weighted by atomic mass is 32.2. The molecule has 6 nitrogen and oxygen atoms in total. The molecule has 0 aliphatic rings. The third-order valence-corrected chi connectivity index (χ3v) is 6.06. The van der Waals surface area contributed by atoms with Crippen LogP contribution in [-0.2, 0) is 10.0 Å². The van der Waals surface area contributed by atoms with Crippen molar-refractivity contribution < 1.29 is 17.7 Å². The van der Waals surface area contributed by atoms with Gasteiger partial charge in [0.05, 0.1) is 9.82 Å². The topological polar surface area (TPSA) is 80.5 Å². The van der Waals surface area contributed by atoms with E-state index < -0.39 is 26.5 Å². The van der Waals surface area contributed by atoms with E-state index in [9.17, 15) is 22.9 Å². The smallest absolute Gasteiger partial charge is 0.258 e. The minimum absolute atomic E-state index is 0.140. The van der Waals surface area contributed by atoms with Crippen LogP contribution in [0.5, 0.6) is 0 Å². The van der Waals surface area contributed by atoms with E-state index in [0.29, 0.717) is 5.75 Å². The van der Waals surface area contributed by atoms with Crippen molar-refractivity contribution in [1.82, 2.24) is 4.31 Å². The molecule has 118 valence electrons. The van der Waals surface area contributed by atoms with Gasteiger partial charge in [0, 0.05) is 24.9 Å². The zero-order valence-corrected chi connectivity index (χ0v) is 13.8. The van der Waals surface area contributed by atoms with E-state index in [1.165, 1.54) is 25.7 Å². The lowest BCUT2D eigenvalue weighted by Gasteiger charge is -2.24. The van der Waals surface area contributed by atoms with E-state index in [2.05, 4.69) is 0 Å². The van der Waals surface area contributed by atoms with Gasteiger partial charge in [-0.2, -0.15) is 20.5 Å². The Bertz CT molecular complexity index is 649. The fourth-order valence-electron chi connectivity index (χ4n) is 1.80. The predicted octanol–water partition coefficient (Wildman–Crippen LogP) is 2.41.